The number of carbonyl (C=O) groups is 1. The van der Waals surface area contributed by atoms with Crippen molar-refractivity contribution in [1.29, 1.82) is 0 Å². The van der Waals surface area contributed by atoms with E-state index in [-0.39, 0.29) is 17.8 Å². The fourth-order valence-corrected chi connectivity index (χ4v) is 2.35. The Labute approximate surface area is 113 Å². The van der Waals surface area contributed by atoms with E-state index in [4.69, 9.17) is 0 Å². The third kappa shape index (κ3) is 2.51. The molecule has 0 radical (unpaired) electrons. The van der Waals surface area contributed by atoms with Crippen LogP contribution in [-0.2, 0) is 13.0 Å². The van der Waals surface area contributed by atoms with E-state index in [1.54, 1.807) is 24.5 Å². The molecule has 0 aliphatic heterocycles. The average Bonchev–Trinajstić information content (AvgIpc) is 2.76. The molecular formula is C13H12BrFN2O. The van der Waals surface area contributed by atoms with Crippen LogP contribution in [0, 0.1) is 5.82 Å². The summed E-state index contributed by atoms with van der Waals surface area (Å²) in [6.07, 6.45) is 3.54. The van der Waals surface area contributed by atoms with Gasteiger partial charge in [0.2, 0.25) is 0 Å². The van der Waals surface area contributed by atoms with E-state index in [1.807, 2.05) is 11.5 Å². The lowest BCUT2D eigenvalue weighted by molar-refractivity contribution is 0.0985. The number of aryl methyl sites for hydroxylation is 1. The van der Waals surface area contributed by atoms with Crippen LogP contribution in [0.25, 0.3) is 0 Å². The first-order valence-electron chi connectivity index (χ1n) is 5.60. The van der Waals surface area contributed by atoms with E-state index in [1.165, 1.54) is 6.07 Å². The SMILES string of the molecule is CCn1ccnc1CC(=O)c1c(F)cccc1Br. The molecule has 0 aliphatic carbocycles. The number of ketones is 1. The van der Waals surface area contributed by atoms with Crippen molar-refractivity contribution in [3.63, 3.8) is 0 Å². The van der Waals surface area contributed by atoms with Gasteiger partial charge >= 0.3 is 0 Å². The molecule has 0 bridgehead atoms. The molecule has 1 aromatic carbocycles. The molecule has 3 nitrogen and oxygen atoms in total. The van der Waals surface area contributed by atoms with Crippen LogP contribution in [0.2, 0.25) is 0 Å². The largest absolute Gasteiger partial charge is 0.335 e. The number of halogens is 2. The standard InChI is InChI=1S/C13H12BrFN2O/c1-2-17-7-6-16-12(17)8-11(18)13-9(14)4-3-5-10(13)15/h3-7H,2,8H2,1H3. The van der Waals surface area contributed by atoms with Crippen molar-refractivity contribution >= 4 is 21.7 Å². The molecule has 2 rings (SSSR count). The number of hydrogen-bond donors (Lipinski definition) is 0. The Morgan fingerprint density at radius 1 is 1.50 bits per heavy atom. The summed E-state index contributed by atoms with van der Waals surface area (Å²) in [7, 11) is 0. The lowest BCUT2D eigenvalue weighted by Crippen LogP contribution is -2.11. The minimum absolute atomic E-state index is 0.0863. The minimum Gasteiger partial charge on any atom is -0.335 e. The van der Waals surface area contributed by atoms with Crippen LogP contribution in [0.5, 0.6) is 0 Å². The zero-order valence-electron chi connectivity index (χ0n) is 9.86. The van der Waals surface area contributed by atoms with E-state index in [0.717, 1.165) is 6.54 Å². The van der Waals surface area contributed by atoms with E-state index in [0.29, 0.717) is 10.3 Å². The topological polar surface area (TPSA) is 34.9 Å². The van der Waals surface area contributed by atoms with Crippen molar-refractivity contribution in [3.8, 4) is 0 Å². The van der Waals surface area contributed by atoms with Crippen molar-refractivity contribution < 1.29 is 9.18 Å². The molecule has 0 amide bonds. The molecule has 0 atom stereocenters. The second-order valence-corrected chi connectivity index (χ2v) is 4.68. The van der Waals surface area contributed by atoms with Crippen molar-refractivity contribution in [3.05, 3.63) is 52.3 Å². The summed E-state index contributed by atoms with van der Waals surface area (Å²) in [5.41, 5.74) is 0.0863. The minimum atomic E-state index is -0.510. The number of hydrogen-bond acceptors (Lipinski definition) is 2. The van der Waals surface area contributed by atoms with Crippen molar-refractivity contribution in [1.82, 2.24) is 9.55 Å². The molecule has 0 saturated heterocycles. The molecule has 94 valence electrons. The summed E-state index contributed by atoms with van der Waals surface area (Å²) in [6.45, 7) is 2.70. The lowest BCUT2D eigenvalue weighted by atomic mass is 10.1. The van der Waals surface area contributed by atoms with Crippen molar-refractivity contribution in [2.75, 3.05) is 0 Å². The fraction of sp³-hybridized carbons (Fsp3) is 0.231. The second-order valence-electron chi connectivity index (χ2n) is 3.83. The molecule has 0 N–H and O–H groups in total. The lowest BCUT2D eigenvalue weighted by Gasteiger charge is -2.06. The van der Waals surface area contributed by atoms with Crippen LogP contribution >= 0.6 is 15.9 Å². The zero-order chi connectivity index (χ0) is 13.1. The smallest absolute Gasteiger partial charge is 0.174 e. The van der Waals surface area contributed by atoms with Crippen LogP contribution in [-0.4, -0.2) is 15.3 Å². The maximum absolute atomic E-state index is 13.6. The molecule has 0 fully saturated rings. The number of aromatic nitrogens is 2. The Morgan fingerprint density at radius 3 is 2.94 bits per heavy atom. The summed E-state index contributed by atoms with van der Waals surface area (Å²) < 4.78 is 16.0. The van der Waals surface area contributed by atoms with Gasteiger partial charge in [0.05, 0.1) is 12.0 Å². The summed E-state index contributed by atoms with van der Waals surface area (Å²) in [5.74, 6) is -0.137. The average molecular weight is 311 g/mol. The maximum Gasteiger partial charge on any atom is 0.174 e. The molecule has 0 unspecified atom stereocenters. The molecule has 18 heavy (non-hydrogen) atoms. The molecule has 0 saturated carbocycles. The first kappa shape index (κ1) is 13.0. The highest BCUT2D eigenvalue weighted by atomic mass is 79.9. The molecular weight excluding hydrogens is 299 g/mol. The highest BCUT2D eigenvalue weighted by molar-refractivity contribution is 9.10. The van der Waals surface area contributed by atoms with Gasteiger partial charge in [0.25, 0.3) is 0 Å². The maximum atomic E-state index is 13.6. The van der Waals surface area contributed by atoms with Crippen LogP contribution in [0.1, 0.15) is 23.1 Å². The quantitative estimate of drug-likeness (QED) is 0.813. The third-order valence-corrected chi connectivity index (χ3v) is 3.36. The Kier molecular flexibility index (Phi) is 3.91. The molecule has 1 aromatic heterocycles. The summed E-state index contributed by atoms with van der Waals surface area (Å²) in [6, 6.07) is 4.50. The van der Waals surface area contributed by atoms with Gasteiger partial charge in [0, 0.05) is 23.4 Å². The Balaban J connectivity index is 2.28. The molecule has 0 aliphatic rings. The predicted molar refractivity (Wildman–Crippen MR) is 70.0 cm³/mol. The third-order valence-electron chi connectivity index (χ3n) is 2.70. The molecule has 2 aromatic rings. The van der Waals surface area contributed by atoms with Gasteiger partial charge in [0.1, 0.15) is 11.6 Å². The summed E-state index contributed by atoms with van der Waals surface area (Å²) in [5, 5.41) is 0. The first-order chi connectivity index (χ1) is 8.63. The Bertz CT molecular complexity index is 560. The fourth-order valence-electron chi connectivity index (χ4n) is 1.79. The van der Waals surface area contributed by atoms with Crippen LogP contribution < -0.4 is 0 Å². The van der Waals surface area contributed by atoms with Gasteiger partial charge in [-0.1, -0.05) is 6.07 Å². The highest BCUT2D eigenvalue weighted by Gasteiger charge is 2.17. The van der Waals surface area contributed by atoms with Gasteiger partial charge in [-0.05, 0) is 35.0 Å². The van der Waals surface area contributed by atoms with E-state index in [9.17, 15) is 9.18 Å². The number of carbonyl (C=O) groups excluding carboxylic acids is 1. The van der Waals surface area contributed by atoms with Gasteiger partial charge in [-0.15, -0.1) is 0 Å². The van der Waals surface area contributed by atoms with Gasteiger partial charge in [0.15, 0.2) is 5.78 Å². The van der Waals surface area contributed by atoms with Crippen LogP contribution in [0.15, 0.2) is 35.1 Å². The van der Waals surface area contributed by atoms with Gasteiger partial charge < -0.3 is 4.57 Å². The van der Waals surface area contributed by atoms with Gasteiger partial charge in [-0.25, -0.2) is 9.37 Å². The van der Waals surface area contributed by atoms with E-state index >= 15 is 0 Å². The monoisotopic (exact) mass is 310 g/mol. The highest BCUT2D eigenvalue weighted by Crippen LogP contribution is 2.21. The normalized spacial score (nSPS) is 10.6. The van der Waals surface area contributed by atoms with Gasteiger partial charge in [-0.2, -0.15) is 0 Å². The number of nitrogens with zero attached hydrogens (tertiary/aromatic N) is 2. The van der Waals surface area contributed by atoms with Crippen molar-refractivity contribution in [2.45, 2.75) is 19.9 Å². The Hall–Kier alpha value is -1.49. The molecule has 1 heterocycles. The van der Waals surface area contributed by atoms with Gasteiger partial charge in [-0.3, -0.25) is 4.79 Å². The second kappa shape index (κ2) is 5.44. The number of rotatable bonds is 4. The number of imidazole rings is 1. The number of Topliss-reactive ketones (excluding diaryl/α,β-unsaturated/α-hetero) is 1. The summed E-state index contributed by atoms with van der Waals surface area (Å²) in [4.78, 5) is 16.2. The van der Waals surface area contributed by atoms with Crippen LogP contribution in [0.3, 0.4) is 0 Å². The first-order valence-corrected chi connectivity index (χ1v) is 6.40. The predicted octanol–water partition coefficient (Wildman–Crippen LogP) is 3.23. The van der Waals surface area contributed by atoms with E-state index < -0.39 is 5.82 Å². The molecule has 5 heteroatoms. The molecule has 0 spiro atoms. The number of benzene rings is 1. The summed E-state index contributed by atoms with van der Waals surface area (Å²) >= 11 is 3.20. The van der Waals surface area contributed by atoms with Crippen molar-refractivity contribution in [2.24, 2.45) is 0 Å². The zero-order valence-corrected chi connectivity index (χ0v) is 11.4. The Morgan fingerprint density at radius 2 is 2.28 bits per heavy atom. The van der Waals surface area contributed by atoms with E-state index in [2.05, 4.69) is 20.9 Å². The van der Waals surface area contributed by atoms with Crippen LogP contribution in [0.4, 0.5) is 4.39 Å².